The summed E-state index contributed by atoms with van der Waals surface area (Å²) in [5, 5.41) is 1.66. The first-order chi connectivity index (χ1) is 10.2. The average Bonchev–Trinajstić information content (AvgIpc) is 2.92. The third kappa shape index (κ3) is 3.22. The Balaban J connectivity index is 0.00000176. The average molecular weight is 338 g/mol. The molecule has 3 aromatic rings. The lowest BCUT2D eigenvalue weighted by molar-refractivity contribution is 0.334. The number of furan rings is 1. The number of halogens is 2. The Morgan fingerprint density at radius 2 is 1.95 bits per heavy atom. The van der Waals surface area contributed by atoms with Crippen molar-refractivity contribution < 1.29 is 9.15 Å². The van der Waals surface area contributed by atoms with Gasteiger partial charge in [-0.05, 0) is 37.3 Å². The van der Waals surface area contributed by atoms with Crippen LogP contribution in [-0.4, -0.2) is 6.61 Å². The van der Waals surface area contributed by atoms with E-state index in [9.17, 15) is 0 Å². The summed E-state index contributed by atoms with van der Waals surface area (Å²) in [4.78, 5) is 0. The summed E-state index contributed by atoms with van der Waals surface area (Å²) in [6, 6.07) is 14.8. The van der Waals surface area contributed by atoms with Crippen molar-refractivity contribution in [2.75, 3.05) is 6.61 Å². The molecule has 0 aliphatic heterocycles. The molecule has 0 amide bonds. The molecular weight excluding hydrogens is 321 g/mol. The molecule has 0 radical (unpaired) electrons. The zero-order valence-electron chi connectivity index (χ0n) is 12.1. The number of nitrogens with two attached hydrogens (primary N) is 1. The third-order valence-electron chi connectivity index (χ3n) is 3.36. The molecule has 22 heavy (non-hydrogen) atoms. The van der Waals surface area contributed by atoms with Gasteiger partial charge >= 0.3 is 0 Å². The van der Waals surface area contributed by atoms with E-state index in [1.807, 2.05) is 49.4 Å². The molecule has 1 unspecified atom stereocenters. The lowest BCUT2D eigenvalue weighted by Crippen LogP contribution is -2.12. The van der Waals surface area contributed by atoms with Gasteiger partial charge in [-0.3, -0.25) is 0 Å². The molecule has 0 aliphatic rings. The van der Waals surface area contributed by atoms with E-state index in [4.69, 9.17) is 26.5 Å². The first-order valence-corrected chi connectivity index (χ1v) is 7.23. The molecule has 5 heteroatoms. The molecule has 0 spiro atoms. The Morgan fingerprint density at radius 1 is 1.18 bits per heavy atom. The molecule has 1 heterocycles. The molecule has 0 saturated heterocycles. The minimum absolute atomic E-state index is 0. The molecule has 3 nitrogen and oxygen atoms in total. The molecule has 116 valence electrons. The number of hydrogen-bond donors (Lipinski definition) is 1. The smallest absolute Gasteiger partial charge is 0.134 e. The van der Waals surface area contributed by atoms with E-state index in [0.29, 0.717) is 17.4 Å². The van der Waals surface area contributed by atoms with Crippen LogP contribution in [0.15, 0.2) is 52.9 Å². The predicted octanol–water partition coefficient (Wildman–Crippen LogP) is 4.95. The zero-order chi connectivity index (χ0) is 14.8. The van der Waals surface area contributed by atoms with Crippen LogP contribution in [0, 0.1) is 0 Å². The van der Waals surface area contributed by atoms with Gasteiger partial charge in [0, 0.05) is 16.0 Å². The highest BCUT2D eigenvalue weighted by molar-refractivity contribution is 6.30. The molecule has 0 aliphatic carbocycles. The van der Waals surface area contributed by atoms with Gasteiger partial charge in [0.1, 0.15) is 17.1 Å². The maximum atomic E-state index is 6.35. The summed E-state index contributed by atoms with van der Waals surface area (Å²) < 4.78 is 11.5. The largest absolute Gasteiger partial charge is 0.494 e. The normalized spacial score (nSPS) is 12.0. The second kappa shape index (κ2) is 7.05. The van der Waals surface area contributed by atoms with Gasteiger partial charge in [-0.15, -0.1) is 12.4 Å². The van der Waals surface area contributed by atoms with Crippen molar-refractivity contribution in [1.82, 2.24) is 0 Å². The van der Waals surface area contributed by atoms with Gasteiger partial charge in [-0.2, -0.15) is 0 Å². The Morgan fingerprint density at radius 3 is 2.68 bits per heavy atom. The molecule has 2 N–H and O–H groups in total. The van der Waals surface area contributed by atoms with Gasteiger partial charge in [0.15, 0.2) is 0 Å². The molecule has 0 saturated carbocycles. The quantitative estimate of drug-likeness (QED) is 0.732. The highest BCUT2D eigenvalue weighted by Gasteiger charge is 2.18. The van der Waals surface area contributed by atoms with Crippen LogP contribution in [0.25, 0.3) is 11.0 Å². The first kappa shape index (κ1) is 16.7. The predicted molar refractivity (Wildman–Crippen MR) is 92.1 cm³/mol. The maximum absolute atomic E-state index is 6.35. The summed E-state index contributed by atoms with van der Waals surface area (Å²) in [6.45, 7) is 2.51. The van der Waals surface area contributed by atoms with Gasteiger partial charge < -0.3 is 14.9 Å². The van der Waals surface area contributed by atoms with E-state index in [2.05, 4.69) is 0 Å². The van der Waals surface area contributed by atoms with Crippen LogP contribution in [-0.2, 0) is 0 Å². The molecule has 3 rings (SSSR count). The summed E-state index contributed by atoms with van der Waals surface area (Å²) >= 11 is 6.09. The minimum atomic E-state index is -0.419. The zero-order valence-corrected chi connectivity index (χ0v) is 13.7. The van der Waals surface area contributed by atoms with Gasteiger partial charge in [-0.25, -0.2) is 0 Å². The van der Waals surface area contributed by atoms with Crippen LogP contribution in [0.3, 0.4) is 0 Å². The van der Waals surface area contributed by atoms with E-state index in [-0.39, 0.29) is 12.4 Å². The van der Waals surface area contributed by atoms with E-state index in [0.717, 1.165) is 22.3 Å². The van der Waals surface area contributed by atoms with E-state index in [1.54, 1.807) is 6.07 Å². The number of benzene rings is 2. The van der Waals surface area contributed by atoms with E-state index >= 15 is 0 Å². The Kier molecular flexibility index (Phi) is 5.35. The molecule has 1 atom stereocenters. The fourth-order valence-corrected chi connectivity index (χ4v) is 2.54. The Bertz CT molecular complexity index is 737. The second-order valence-electron chi connectivity index (χ2n) is 4.78. The molecule has 0 fully saturated rings. The number of fused-ring (bicyclic) bond motifs is 1. The van der Waals surface area contributed by atoms with Gasteiger partial charge in [0.05, 0.1) is 12.6 Å². The lowest BCUT2D eigenvalue weighted by atomic mass is 10.0. The number of para-hydroxylation sites is 1. The van der Waals surface area contributed by atoms with Crippen molar-refractivity contribution >= 4 is 35.0 Å². The third-order valence-corrected chi connectivity index (χ3v) is 3.59. The van der Waals surface area contributed by atoms with Crippen LogP contribution >= 0.6 is 24.0 Å². The number of ether oxygens (including phenoxy) is 1. The monoisotopic (exact) mass is 337 g/mol. The highest BCUT2D eigenvalue weighted by atomic mass is 35.5. The SMILES string of the molecule is CCOc1ccc(Cl)cc1C(N)c1cc2ccccc2o1.Cl. The molecular formula is C17H17Cl2NO2. The summed E-state index contributed by atoms with van der Waals surface area (Å²) in [6.07, 6.45) is 0. The summed E-state index contributed by atoms with van der Waals surface area (Å²) in [5.41, 5.74) is 7.99. The van der Waals surface area contributed by atoms with Crippen molar-refractivity contribution in [2.24, 2.45) is 5.73 Å². The maximum Gasteiger partial charge on any atom is 0.134 e. The fourth-order valence-electron chi connectivity index (χ4n) is 2.36. The lowest BCUT2D eigenvalue weighted by Gasteiger charge is -2.15. The van der Waals surface area contributed by atoms with Gasteiger partial charge in [0.2, 0.25) is 0 Å². The molecule has 2 aromatic carbocycles. The van der Waals surface area contributed by atoms with Gasteiger partial charge in [0.25, 0.3) is 0 Å². The van der Waals surface area contributed by atoms with Crippen molar-refractivity contribution in [3.05, 3.63) is 64.9 Å². The van der Waals surface area contributed by atoms with Crippen LogP contribution in [0.2, 0.25) is 5.02 Å². The minimum Gasteiger partial charge on any atom is -0.494 e. The fraction of sp³-hybridized carbons (Fsp3) is 0.176. The van der Waals surface area contributed by atoms with Crippen molar-refractivity contribution in [2.45, 2.75) is 13.0 Å². The van der Waals surface area contributed by atoms with Crippen molar-refractivity contribution in [1.29, 1.82) is 0 Å². The van der Waals surface area contributed by atoms with Crippen molar-refractivity contribution in [3.63, 3.8) is 0 Å². The Labute approximate surface area is 140 Å². The molecule has 0 bridgehead atoms. The highest BCUT2D eigenvalue weighted by Crippen LogP contribution is 2.33. The topological polar surface area (TPSA) is 48.4 Å². The standard InChI is InChI=1S/C17H16ClNO2.ClH/c1-2-20-15-8-7-12(18)10-13(15)17(19)16-9-11-5-3-4-6-14(11)21-16;/h3-10,17H,2,19H2,1H3;1H. The molecule has 1 aromatic heterocycles. The van der Waals surface area contributed by atoms with Crippen LogP contribution in [0.5, 0.6) is 5.75 Å². The summed E-state index contributed by atoms with van der Waals surface area (Å²) in [5.74, 6) is 1.43. The van der Waals surface area contributed by atoms with E-state index in [1.165, 1.54) is 0 Å². The van der Waals surface area contributed by atoms with Crippen molar-refractivity contribution in [3.8, 4) is 5.75 Å². The number of rotatable bonds is 4. The van der Waals surface area contributed by atoms with Gasteiger partial charge in [-0.1, -0.05) is 29.8 Å². The van der Waals surface area contributed by atoms with Crippen LogP contribution in [0.4, 0.5) is 0 Å². The van der Waals surface area contributed by atoms with E-state index < -0.39 is 6.04 Å². The Hall–Kier alpha value is -1.68. The number of hydrogen-bond acceptors (Lipinski definition) is 3. The van der Waals surface area contributed by atoms with Crippen LogP contribution in [0.1, 0.15) is 24.3 Å². The first-order valence-electron chi connectivity index (χ1n) is 6.85. The van der Waals surface area contributed by atoms with Crippen LogP contribution < -0.4 is 10.5 Å². The second-order valence-corrected chi connectivity index (χ2v) is 5.22. The summed E-state index contributed by atoms with van der Waals surface area (Å²) in [7, 11) is 0.